The van der Waals surface area contributed by atoms with Gasteiger partial charge in [0.2, 0.25) is 0 Å². The lowest BCUT2D eigenvalue weighted by atomic mass is 9.45. The molecule has 5 saturated carbocycles. The first kappa shape index (κ1) is 24.6. The van der Waals surface area contributed by atoms with E-state index in [9.17, 15) is 9.90 Å². The number of rotatable bonds is 4. The lowest BCUT2D eigenvalue weighted by molar-refractivity contribution is -0.151. The number of carbonyl (C=O) groups excluding carboxylic acids is 1. The van der Waals surface area contributed by atoms with E-state index in [4.69, 9.17) is 9.47 Å². The molecule has 4 unspecified atom stereocenters. The molecule has 0 aromatic rings. The van der Waals surface area contributed by atoms with Gasteiger partial charge in [-0.2, -0.15) is 0 Å². The molecule has 0 spiro atoms. The van der Waals surface area contributed by atoms with Gasteiger partial charge in [-0.05, 0) is 92.3 Å². The van der Waals surface area contributed by atoms with Gasteiger partial charge in [-0.15, -0.1) is 0 Å². The van der Waals surface area contributed by atoms with Crippen molar-refractivity contribution in [2.45, 2.75) is 121 Å². The van der Waals surface area contributed by atoms with Gasteiger partial charge in [0.15, 0.2) is 0 Å². The number of hydrogen-bond donors (Lipinski definition) is 1. The Morgan fingerprint density at radius 2 is 1.46 bits per heavy atom. The van der Waals surface area contributed by atoms with E-state index in [1.54, 1.807) is 0 Å². The maximum atomic E-state index is 13.7. The molecule has 0 amide bonds. The molecule has 6 aliphatic carbocycles. The molecule has 4 nitrogen and oxygen atoms in total. The molecule has 0 aromatic carbocycles. The van der Waals surface area contributed by atoms with E-state index in [-0.39, 0.29) is 39.8 Å². The molecule has 0 saturated heterocycles. The molecule has 6 aliphatic rings. The number of hydrogen-bond acceptors (Lipinski definition) is 4. The maximum Gasteiger partial charge on any atom is 0.139 e. The van der Waals surface area contributed by atoms with Crippen molar-refractivity contribution in [1.82, 2.24) is 0 Å². The Morgan fingerprint density at radius 3 is 2.09 bits per heavy atom. The standard InChI is InChI=1S/C31H48O4/c1-28-15-9-20(30(34-3)11-5-6-12-30)17-21(28)18-24(32)26-22(28)10-16-29(2)23(26)19-25(33)27(29)31(35-4)13-7-8-14-31/h18,20,22-24,26-27,32H,5-17,19H2,1-4H3/t20-,22?,23?,24?,26?,27-,28-,29-/m0/s1. The van der Waals surface area contributed by atoms with Crippen LogP contribution in [0.4, 0.5) is 0 Å². The number of fused-ring (bicyclic) bond motifs is 5. The van der Waals surface area contributed by atoms with Crippen molar-refractivity contribution in [2.24, 2.45) is 40.4 Å². The Balaban J connectivity index is 1.31. The number of carbonyl (C=O) groups is 1. The van der Waals surface area contributed by atoms with Crippen LogP contribution in [0.3, 0.4) is 0 Å². The van der Waals surface area contributed by atoms with E-state index in [2.05, 4.69) is 19.9 Å². The summed E-state index contributed by atoms with van der Waals surface area (Å²) < 4.78 is 12.4. The van der Waals surface area contributed by atoms with E-state index in [0.717, 1.165) is 32.1 Å². The number of Topliss-reactive ketones (excluding diaryl/α,β-unsaturated/α-hetero) is 1. The predicted octanol–water partition coefficient (Wildman–Crippen LogP) is 6.25. The summed E-state index contributed by atoms with van der Waals surface area (Å²) in [6.45, 7) is 4.88. The Labute approximate surface area is 212 Å². The second kappa shape index (κ2) is 8.40. The molecule has 196 valence electrons. The van der Waals surface area contributed by atoms with Crippen molar-refractivity contribution >= 4 is 5.78 Å². The number of allylic oxidation sites excluding steroid dienone is 1. The largest absolute Gasteiger partial charge is 0.389 e. The van der Waals surface area contributed by atoms with Gasteiger partial charge >= 0.3 is 0 Å². The molecule has 0 aliphatic heterocycles. The zero-order valence-corrected chi connectivity index (χ0v) is 22.6. The van der Waals surface area contributed by atoms with Crippen LogP contribution in [0.2, 0.25) is 0 Å². The predicted molar refractivity (Wildman–Crippen MR) is 137 cm³/mol. The quantitative estimate of drug-likeness (QED) is 0.479. The van der Waals surface area contributed by atoms with E-state index in [1.807, 2.05) is 14.2 Å². The smallest absolute Gasteiger partial charge is 0.139 e. The molecule has 0 radical (unpaired) electrons. The summed E-state index contributed by atoms with van der Waals surface area (Å²) in [6, 6.07) is 0. The molecule has 1 N–H and O–H groups in total. The van der Waals surface area contributed by atoms with Gasteiger partial charge in [-0.25, -0.2) is 0 Å². The van der Waals surface area contributed by atoms with Crippen LogP contribution in [0.15, 0.2) is 11.6 Å². The first-order chi connectivity index (χ1) is 16.7. The summed E-state index contributed by atoms with van der Waals surface area (Å²) in [5.74, 6) is 1.94. The normalized spacial score (nSPS) is 48.3. The van der Waals surface area contributed by atoms with Crippen LogP contribution in [0, 0.1) is 40.4 Å². The molecule has 35 heavy (non-hydrogen) atoms. The van der Waals surface area contributed by atoms with E-state index < -0.39 is 6.10 Å². The molecular formula is C31H48O4. The maximum absolute atomic E-state index is 13.7. The second-order valence-corrected chi connectivity index (χ2v) is 13.9. The highest BCUT2D eigenvalue weighted by Gasteiger charge is 2.67. The summed E-state index contributed by atoms with van der Waals surface area (Å²) in [6.07, 6.45) is 17.5. The highest BCUT2D eigenvalue weighted by atomic mass is 16.5. The topological polar surface area (TPSA) is 55.8 Å². The zero-order chi connectivity index (χ0) is 24.6. The van der Waals surface area contributed by atoms with Gasteiger partial charge < -0.3 is 14.6 Å². The molecular weight excluding hydrogens is 436 g/mol. The summed E-state index contributed by atoms with van der Waals surface area (Å²) in [5.41, 5.74) is 1.38. The van der Waals surface area contributed by atoms with Crippen molar-refractivity contribution in [3.8, 4) is 0 Å². The van der Waals surface area contributed by atoms with E-state index >= 15 is 0 Å². The van der Waals surface area contributed by atoms with Gasteiger partial charge in [-0.3, -0.25) is 4.79 Å². The van der Waals surface area contributed by atoms with Gasteiger partial charge in [0.25, 0.3) is 0 Å². The minimum Gasteiger partial charge on any atom is -0.389 e. The number of ether oxygens (including phenoxy) is 2. The Morgan fingerprint density at radius 1 is 0.829 bits per heavy atom. The summed E-state index contributed by atoms with van der Waals surface area (Å²) >= 11 is 0. The van der Waals surface area contributed by atoms with E-state index in [1.165, 1.54) is 56.9 Å². The van der Waals surface area contributed by atoms with Crippen LogP contribution in [0.25, 0.3) is 0 Å². The highest BCUT2D eigenvalue weighted by molar-refractivity contribution is 5.86. The zero-order valence-electron chi connectivity index (χ0n) is 22.6. The third kappa shape index (κ3) is 3.31. The number of aliphatic hydroxyl groups is 1. The van der Waals surface area contributed by atoms with Gasteiger partial charge in [-0.1, -0.05) is 51.2 Å². The Hall–Kier alpha value is -0.710. The minimum absolute atomic E-state index is 0.00139. The third-order valence-corrected chi connectivity index (χ3v) is 13.0. The minimum atomic E-state index is -0.429. The van der Waals surface area contributed by atoms with Gasteiger partial charge in [0, 0.05) is 20.6 Å². The number of aliphatic hydroxyl groups excluding tert-OH is 1. The first-order valence-corrected chi connectivity index (χ1v) is 14.8. The van der Waals surface area contributed by atoms with Crippen LogP contribution in [0.1, 0.15) is 104 Å². The second-order valence-electron chi connectivity index (χ2n) is 13.9. The Bertz CT molecular complexity index is 880. The highest BCUT2D eigenvalue weighted by Crippen LogP contribution is 2.68. The van der Waals surface area contributed by atoms with Crippen molar-refractivity contribution in [2.75, 3.05) is 14.2 Å². The van der Waals surface area contributed by atoms with Crippen LogP contribution in [-0.2, 0) is 14.3 Å². The van der Waals surface area contributed by atoms with E-state index in [0.29, 0.717) is 24.0 Å². The van der Waals surface area contributed by atoms with Crippen molar-refractivity contribution < 1.29 is 19.4 Å². The average molecular weight is 485 g/mol. The molecule has 0 bridgehead atoms. The Kier molecular flexibility index (Phi) is 5.91. The lowest BCUT2D eigenvalue weighted by Crippen LogP contribution is -2.57. The van der Waals surface area contributed by atoms with Crippen molar-refractivity contribution in [3.63, 3.8) is 0 Å². The summed E-state index contributed by atoms with van der Waals surface area (Å²) in [4.78, 5) is 13.7. The molecule has 4 heteroatoms. The molecule has 0 aromatic heterocycles. The summed E-state index contributed by atoms with van der Waals surface area (Å²) in [5, 5.41) is 11.7. The van der Waals surface area contributed by atoms with Crippen molar-refractivity contribution in [3.05, 3.63) is 11.6 Å². The van der Waals surface area contributed by atoms with Gasteiger partial charge in [0.1, 0.15) is 5.78 Å². The van der Waals surface area contributed by atoms with Crippen LogP contribution in [0.5, 0.6) is 0 Å². The number of ketones is 1. The first-order valence-electron chi connectivity index (χ1n) is 14.8. The SMILES string of the molecule is COC1([C@H]2CC[C@@]3(C)C(=CC(O)C4C3CC[C@@]3(C)C4CC(=O)[C@@H]3C3(OC)CCCC3)C2)CCCC1. The molecule has 5 fully saturated rings. The third-order valence-electron chi connectivity index (χ3n) is 13.0. The fourth-order valence-electron chi connectivity index (χ4n) is 11.1. The summed E-state index contributed by atoms with van der Waals surface area (Å²) in [7, 11) is 3.76. The van der Waals surface area contributed by atoms with Crippen LogP contribution in [-0.4, -0.2) is 42.4 Å². The lowest BCUT2D eigenvalue weighted by Gasteiger charge is -2.60. The van der Waals surface area contributed by atoms with Crippen molar-refractivity contribution in [1.29, 1.82) is 0 Å². The van der Waals surface area contributed by atoms with Crippen LogP contribution >= 0.6 is 0 Å². The average Bonchev–Trinajstić information content (AvgIpc) is 3.57. The monoisotopic (exact) mass is 484 g/mol. The molecule has 6 rings (SSSR count). The molecule has 0 heterocycles. The fraction of sp³-hybridized carbons (Fsp3) is 0.903. The molecule has 8 atom stereocenters. The van der Waals surface area contributed by atoms with Crippen LogP contribution < -0.4 is 0 Å². The number of methoxy groups -OCH3 is 2. The fourth-order valence-corrected chi connectivity index (χ4v) is 11.1. The van der Waals surface area contributed by atoms with Gasteiger partial charge in [0.05, 0.1) is 23.2 Å².